The number of ether oxygens (including phenoxy) is 4. The van der Waals surface area contributed by atoms with Gasteiger partial charge in [-0.2, -0.15) is 0 Å². The van der Waals surface area contributed by atoms with Crippen molar-refractivity contribution in [3.63, 3.8) is 0 Å². The van der Waals surface area contributed by atoms with Crippen LogP contribution in [0.3, 0.4) is 0 Å². The monoisotopic (exact) mass is 824 g/mol. The highest BCUT2D eigenvalue weighted by molar-refractivity contribution is 6.01. The lowest BCUT2D eigenvalue weighted by atomic mass is 10.0. The highest BCUT2D eigenvalue weighted by atomic mass is 16.5. The minimum Gasteiger partial charge on any atom is -0.493 e. The van der Waals surface area contributed by atoms with Gasteiger partial charge >= 0.3 is 0 Å². The van der Waals surface area contributed by atoms with Crippen LogP contribution >= 0.6 is 0 Å². The molecule has 2 amide bonds. The Balaban J connectivity index is 0.000000184. The second-order valence-corrected chi connectivity index (χ2v) is 14.3. The lowest BCUT2D eigenvalue weighted by Crippen LogP contribution is -2.13. The number of carbonyl (C=O) groups excluding carboxylic acids is 2. The largest absolute Gasteiger partial charge is 0.493 e. The number of nitrogens with one attached hydrogen (secondary N) is 4. The first-order valence-corrected chi connectivity index (χ1v) is 19.9. The van der Waals surface area contributed by atoms with Gasteiger partial charge in [-0.25, -0.2) is 19.9 Å². The zero-order valence-corrected chi connectivity index (χ0v) is 34.7. The molecule has 0 atom stereocenters. The third-order valence-corrected chi connectivity index (χ3v) is 10.1. The summed E-state index contributed by atoms with van der Waals surface area (Å²) in [6, 6.07) is 23.0. The summed E-state index contributed by atoms with van der Waals surface area (Å²) in [6.07, 6.45) is 7.25. The van der Waals surface area contributed by atoms with Gasteiger partial charge in [-0.15, -0.1) is 0 Å². The number of nitrogens with zero attached hydrogens (tertiary/aromatic N) is 4. The van der Waals surface area contributed by atoms with Crippen molar-refractivity contribution in [2.75, 3.05) is 56.3 Å². The zero-order valence-electron chi connectivity index (χ0n) is 34.7. The van der Waals surface area contributed by atoms with E-state index in [0.717, 1.165) is 75.5 Å². The molecule has 0 saturated carbocycles. The maximum atomic E-state index is 12.4. The fourth-order valence-corrected chi connectivity index (χ4v) is 7.17. The molecule has 2 aliphatic rings. The summed E-state index contributed by atoms with van der Waals surface area (Å²) in [5.74, 6) is 3.17. The molecular weight excluding hydrogens is 777 g/mol. The molecule has 0 bridgehead atoms. The molecule has 0 unspecified atom stereocenters. The number of benzene rings is 4. The Bertz CT molecular complexity index is 2570. The second kappa shape index (κ2) is 19.2. The van der Waals surface area contributed by atoms with Crippen molar-refractivity contribution in [2.24, 2.45) is 0 Å². The average molecular weight is 825 g/mol. The van der Waals surface area contributed by atoms with Gasteiger partial charge in [0, 0.05) is 64.8 Å². The van der Waals surface area contributed by atoms with Crippen LogP contribution < -0.4 is 40.2 Å². The average Bonchev–Trinajstić information content (AvgIpc) is 3.50. The maximum absolute atomic E-state index is 12.4. The van der Waals surface area contributed by atoms with Gasteiger partial charge in [0.1, 0.15) is 0 Å². The molecule has 314 valence electrons. The van der Waals surface area contributed by atoms with Gasteiger partial charge in [0.25, 0.3) is 0 Å². The molecule has 0 radical (unpaired) electrons. The van der Waals surface area contributed by atoms with E-state index >= 15 is 0 Å². The number of aryl methyl sites for hydroxylation is 2. The van der Waals surface area contributed by atoms with Gasteiger partial charge in [0.05, 0.1) is 64.0 Å². The van der Waals surface area contributed by atoms with Crippen LogP contribution in [0.4, 0.5) is 34.6 Å². The van der Waals surface area contributed by atoms with Gasteiger partial charge in [-0.3, -0.25) is 9.59 Å². The van der Waals surface area contributed by atoms with Crippen molar-refractivity contribution in [3.05, 3.63) is 107 Å². The summed E-state index contributed by atoms with van der Waals surface area (Å²) in [7, 11) is 6.35. The SMILES string of the molecule is CCCc1ccc2c(c1)NC(=O)Cc1cnc(Nc3ccc(OC)c(OC)c3)nc1-2.COc1ccc(Nc2ncc3c(n2)-c2ccc(CCCO)cc2NC(=O)C3)cc1OC. The molecule has 15 nitrogen and oxygen atoms in total. The summed E-state index contributed by atoms with van der Waals surface area (Å²) in [5.41, 5.74) is 10.0. The Morgan fingerprint density at radius 3 is 1.49 bits per heavy atom. The number of rotatable bonds is 13. The molecule has 2 aliphatic heterocycles. The summed E-state index contributed by atoms with van der Waals surface area (Å²) >= 11 is 0. The zero-order chi connectivity index (χ0) is 42.9. The van der Waals surface area contributed by atoms with Crippen LogP contribution in [0.5, 0.6) is 23.0 Å². The fourth-order valence-electron chi connectivity index (χ4n) is 7.17. The van der Waals surface area contributed by atoms with Crippen LogP contribution in [0.1, 0.15) is 42.0 Å². The molecule has 8 rings (SSSR count). The Labute approximate surface area is 353 Å². The molecule has 5 N–H and O–H groups in total. The molecule has 6 aromatic rings. The number of aliphatic hydroxyl groups is 1. The van der Waals surface area contributed by atoms with Crippen molar-refractivity contribution in [3.8, 4) is 45.5 Å². The molecule has 0 spiro atoms. The van der Waals surface area contributed by atoms with Crippen LogP contribution in [0, 0.1) is 0 Å². The molecule has 0 saturated heterocycles. The van der Waals surface area contributed by atoms with Crippen molar-refractivity contribution < 1.29 is 33.6 Å². The van der Waals surface area contributed by atoms with E-state index in [4.69, 9.17) is 34.0 Å². The Morgan fingerprint density at radius 2 is 1.07 bits per heavy atom. The van der Waals surface area contributed by atoms with Crippen molar-refractivity contribution >= 4 is 46.5 Å². The molecule has 0 fully saturated rings. The number of carbonyl (C=O) groups is 2. The lowest BCUT2D eigenvalue weighted by Gasteiger charge is -2.13. The molecule has 4 aromatic carbocycles. The minimum atomic E-state index is -0.108. The number of methoxy groups -OCH3 is 4. The van der Waals surface area contributed by atoms with Gasteiger partial charge in [0.2, 0.25) is 23.7 Å². The topological polar surface area (TPSA) is 191 Å². The highest BCUT2D eigenvalue weighted by Gasteiger charge is 2.23. The number of anilines is 6. The third-order valence-electron chi connectivity index (χ3n) is 10.1. The van der Waals surface area contributed by atoms with E-state index in [9.17, 15) is 9.59 Å². The first-order valence-electron chi connectivity index (χ1n) is 19.9. The Hall–Kier alpha value is -7.26. The highest BCUT2D eigenvalue weighted by Crippen LogP contribution is 2.37. The van der Waals surface area contributed by atoms with E-state index in [0.29, 0.717) is 47.0 Å². The molecule has 61 heavy (non-hydrogen) atoms. The van der Waals surface area contributed by atoms with Crippen LogP contribution in [-0.4, -0.2) is 71.9 Å². The lowest BCUT2D eigenvalue weighted by molar-refractivity contribution is -0.116. The third kappa shape index (κ3) is 9.79. The van der Waals surface area contributed by atoms with Crippen LogP contribution in [-0.2, 0) is 35.3 Å². The summed E-state index contributed by atoms with van der Waals surface area (Å²) in [4.78, 5) is 43.0. The number of aliphatic hydroxyl groups excluding tert-OH is 1. The molecule has 15 heteroatoms. The normalized spacial score (nSPS) is 12.3. The first kappa shape index (κ1) is 41.9. The Morgan fingerprint density at radius 1 is 0.607 bits per heavy atom. The van der Waals surface area contributed by atoms with Gasteiger partial charge < -0.3 is 45.3 Å². The first-order chi connectivity index (χ1) is 29.7. The summed E-state index contributed by atoms with van der Waals surface area (Å²) in [5, 5.41) is 21.5. The number of aromatic nitrogens is 4. The number of amides is 2. The quantitative estimate of drug-likeness (QED) is 0.0763. The predicted molar refractivity (Wildman–Crippen MR) is 235 cm³/mol. The van der Waals surface area contributed by atoms with E-state index in [1.54, 1.807) is 53.0 Å². The molecule has 4 heterocycles. The molecule has 0 aliphatic carbocycles. The van der Waals surface area contributed by atoms with E-state index < -0.39 is 0 Å². The molecular formula is C46H48N8O7. The smallest absolute Gasteiger partial charge is 0.228 e. The summed E-state index contributed by atoms with van der Waals surface area (Å²) < 4.78 is 21.3. The predicted octanol–water partition coefficient (Wildman–Crippen LogP) is 7.68. The number of hydrogen-bond acceptors (Lipinski definition) is 13. The van der Waals surface area contributed by atoms with Crippen LogP contribution in [0.15, 0.2) is 85.2 Å². The van der Waals surface area contributed by atoms with Crippen molar-refractivity contribution in [2.45, 2.75) is 45.4 Å². The Kier molecular flexibility index (Phi) is 13.2. The number of fused-ring (bicyclic) bond motifs is 6. The number of hydrogen-bond donors (Lipinski definition) is 5. The van der Waals surface area contributed by atoms with Gasteiger partial charge in [-0.1, -0.05) is 37.6 Å². The van der Waals surface area contributed by atoms with E-state index in [1.807, 2.05) is 54.6 Å². The maximum Gasteiger partial charge on any atom is 0.228 e. The van der Waals surface area contributed by atoms with Crippen molar-refractivity contribution in [1.82, 2.24) is 19.9 Å². The minimum absolute atomic E-state index is 0.0622. The fraction of sp³-hybridized carbons (Fsp3) is 0.261. The summed E-state index contributed by atoms with van der Waals surface area (Å²) in [6.45, 7) is 2.27. The van der Waals surface area contributed by atoms with Gasteiger partial charge in [-0.05, 0) is 66.8 Å². The van der Waals surface area contributed by atoms with E-state index in [1.165, 1.54) is 5.56 Å². The van der Waals surface area contributed by atoms with E-state index in [-0.39, 0.29) is 31.3 Å². The van der Waals surface area contributed by atoms with Crippen molar-refractivity contribution in [1.29, 1.82) is 0 Å². The molecule has 2 aromatic heterocycles. The van der Waals surface area contributed by atoms with Crippen LogP contribution in [0.25, 0.3) is 22.5 Å². The van der Waals surface area contributed by atoms with E-state index in [2.05, 4.69) is 44.2 Å². The van der Waals surface area contributed by atoms with Crippen LogP contribution in [0.2, 0.25) is 0 Å². The van der Waals surface area contributed by atoms with Gasteiger partial charge in [0.15, 0.2) is 23.0 Å². The standard InChI is InChI=1S/C23H24N4O4.C23H24N4O3/c1-30-19-8-6-16(12-20(19)31-2)25-23-24-13-15-11-21(29)26-18-10-14(4-3-9-28)5-7-17(18)22(15)27-23;1-4-5-14-6-8-17-18(10-14)26-21(28)11-15-13-24-23(27-22(15)17)25-16-7-9-19(29-2)20(12-16)30-3/h5-8,10,12-13,28H,3-4,9,11H2,1-2H3,(H,26,29)(H,24,25,27);6-10,12-13H,4-5,11H2,1-3H3,(H,26,28)(H,24,25,27). The second-order valence-electron chi connectivity index (χ2n) is 14.3.